The fourth-order valence-electron chi connectivity index (χ4n) is 1.17. The first-order valence-electron chi connectivity index (χ1n) is 4.80. The zero-order valence-electron chi connectivity index (χ0n) is 9.07. The van der Waals surface area contributed by atoms with Gasteiger partial charge in [0, 0.05) is 11.6 Å². The number of nitrogens with one attached hydrogen (secondary N) is 1. The third-order valence-corrected chi connectivity index (χ3v) is 1.92. The average molecular weight is 215 g/mol. The van der Waals surface area contributed by atoms with Crippen molar-refractivity contribution in [3.05, 3.63) is 35.9 Å². The number of hydrogen-bond acceptors (Lipinski definition) is 2. The van der Waals surface area contributed by atoms with Crippen LogP contribution in [-0.4, -0.2) is 19.6 Å². The number of para-hydroxylation sites is 1. The molecule has 0 fully saturated rings. The summed E-state index contributed by atoms with van der Waals surface area (Å²) in [4.78, 5) is 11.2. The summed E-state index contributed by atoms with van der Waals surface area (Å²) in [6.45, 7) is 0.231. The van der Waals surface area contributed by atoms with Crippen LogP contribution in [0.3, 0.4) is 0 Å². The Morgan fingerprint density at radius 2 is 2.31 bits per heavy atom. The van der Waals surface area contributed by atoms with Gasteiger partial charge in [0.2, 0.25) is 5.91 Å². The number of carbonyl (C=O) groups is 1. The smallest absolute Gasteiger partial charge is 0.244 e. The maximum absolute atomic E-state index is 11.2. The minimum atomic E-state index is -0.219. The van der Waals surface area contributed by atoms with Crippen molar-refractivity contribution in [1.29, 1.82) is 0 Å². The molecule has 0 spiro atoms. The van der Waals surface area contributed by atoms with Gasteiger partial charge in [0.05, 0.1) is 13.7 Å². The molecule has 0 saturated heterocycles. The molecule has 3 heteroatoms. The van der Waals surface area contributed by atoms with Crippen LogP contribution in [0.5, 0.6) is 5.75 Å². The molecule has 3 nitrogen and oxygen atoms in total. The molecule has 0 atom stereocenters. The summed E-state index contributed by atoms with van der Waals surface area (Å²) >= 11 is 0. The van der Waals surface area contributed by atoms with Crippen molar-refractivity contribution < 1.29 is 9.53 Å². The molecule has 0 aromatic heterocycles. The maximum atomic E-state index is 11.2. The van der Waals surface area contributed by atoms with Crippen LogP contribution < -0.4 is 10.1 Å². The van der Waals surface area contributed by atoms with Crippen molar-refractivity contribution in [2.45, 2.75) is 0 Å². The molecule has 1 N–H and O–H groups in total. The molecule has 0 radical (unpaired) electrons. The number of methoxy groups -OCH3 is 1. The molecule has 0 aliphatic carbocycles. The average Bonchev–Trinajstić information content (AvgIpc) is 2.34. The summed E-state index contributed by atoms with van der Waals surface area (Å²) < 4.78 is 5.14. The Hall–Kier alpha value is -2.21. The van der Waals surface area contributed by atoms with E-state index in [4.69, 9.17) is 11.2 Å². The number of rotatable bonds is 4. The number of carbonyl (C=O) groups excluding carboxylic acids is 1. The van der Waals surface area contributed by atoms with Crippen LogP contribution in [0.25, 0.3) is 6.08 Å². The van der Waals surface area contributed by atoms with Gasteiger partial charge in [0.25, 0.3) is 0 Å². The summed E-state index contributed by atoms with van der Waals surface area (Å²) in [5, 5.41) is 2.54. The zero-order chi connectivity index (χ0) is 11.8. The number of hydrogen-bond donors (Lipinski definition) is 1. The van der Waals surface area contributed by atoms with Crippen LogP contribution in [0.15, 0.2) is 30.3 Å². The highest BCUT2D eigenvalue weighted by Crippen LogP contribution is 2.18. The Morgan fingerprint density at radius 3 is 3.00 bits per heavy atom. The summed E-state index contributed by atoms with van der Waals surface area (Å²) in [6.07, 6.45) is 8.13. The second-order valence-electron chi connectivity index (χ2n) is 3.00. The van der Waals surface area contributed by atoms with E-state index in [2.05, 4.69) is 11.2 Å². The SMILES string of the molecule is C#CCNC(=O)C=Cc1ccccc1OC. The summed E-state index contributed by atoms with van der Waals surface area (Å²) in [5.41, 5.74) is 0.848. The van der Waals surface area contributed by atoms with E-state index >= 15 is 0 Å². The Labute approximate surface area is 95.1 Å². The lowest BCUT2D eigenvalue weighted by molar-refractivity contribution is -0.116. The molecule has 1 amide bonds. The predicted molar refractivity (Wildman–Crippen MR) is 63.9 cm³/mol. The number of amides is 1. The highest BCUT2D eigenvalue weighted by atomic mass is 16.5. The van der Waals surface area contributed by atoms with Crippen molar-refractivity contribution in [2.24, 2.45) is 0 Å². The molecule has 0 saturated carbocycles. The van der Waals surface area contributed by atoms with Crippen LogP contribution in [0.4, 0.5) is 0 Å². The topological polar surface area (TPSA) is 38.3 Å². The predicted octanol–water partition coefficient (Wildman–Crippen LogP) is 1.46. The lowest BCUT2D eigenvalue weighted by atomic mass is 10.2. The van der Waals surface area contributed by atoms with Crippen LogP contribution >= 0.6 is 0 Å². The standard InChI is InChI=1S/C13H13NO2/c1-3-10-14-13(15)9-8-11-6-4-5-7-12(11)16-2/h1,4-9H,10H2,2H3,(H,14,15). The third-order valence-electron chi connectivity index (χ3n) is 1.92. The molecular weight excluding hydrogens is 202 g/mol. The van der Waals surface area contributed by atoms with Gasteiger partial charge in [-0.15, -0.1) is 6.42 Å². The Morgan fingerprint density at radius 1 is 1.56 bits per heavy atom. The van der Waals surface area contributed by atoms with E-state index in [0.29, 0.717) is 0 Å². The fraction of sp³-hybridized carbons (Fsp3) is 0.154. The molecule has 82 valence electrons. The summed E-state index contributed by atoms with van der Waals surface area (Å²) in [5.74, 6) is 2.84. The number of ether oxygens (including phenoxy) is 1. The van der Waals surface area contributed by atoms with Crippen molar-refractivity contribution in [3.63, 3.8) is 0 Å². The molecule has 0 heterocycles. The first kappa shape index (κ1) is 11.9. The molecule has 1 aromatic rings. The highest BCUT2D eigenvalue weighted by Gasteiger charge is 1.98. The Kier molecular flexibility index (Phi) is 4.68. The van der Waals surface area contributed by atoms with E-state index in [-0.39, 0.29) is 12.5 Å². The Bertz CT molecular complexity index is 430. The molecule has 1 rings (SSSR count). The van der Waals surface area contributed by atoms with Crippen LogP contribution in [-0.2, 0) is 4.79 Å². The third kappa shape index (κ3) is 3.50. The molecule has 0 aliphatic rings. The summed E-state index contributed by atoms with van der Waals surface area (Å²) in [6, 6.07) is 7.44. The highest BCUT2D eigenvalue weighted by molar-refractivity contribution is 5.92. The normalized spacial score (nSPS) is 9.75. The second kappa shape index (κ2) is 6.31. The molecule has 0 unspecified atom stereocenters. The largest absolute Gasteiger partial charge is 0.496 e. The van der Waals surface area contributed by atoms with E-state index in [1.54, 1.807) is 13.2 Å². The molecule has 0 aliphatic heterocycles. The minimum absolute atomic E-state index is 0.219. The van der Waals surface area contributed by atoms with Crippen molar-refractivity contribution in [3.8, 4) is 18.1 Å². The second-order valence-corrected chi connectivity index (χ2v) is 3.00. The van der Waals surface area contributed by atoms with Gasteiger partial charge in [-0.3, -0.25) is 4.79 Å². The first-order valence-corrected chi connectivity index (χ1v) is 4.80. The number of benzene rings is 1. The van der Waals surface area contributed by atoms with Crippen LogP contribution in [0.2, 0.25) is 0 Å². The first-order chi connectivity index (χ1) is 7.77. The molecule has 0 bridgehead atoms. The number of terminal acetylenes is 1. The lowest BCUT2D eigenvalue weighted by Gasteiger charge is -2.03. The van der Waals surface area contributed by atoms with Crippen molar-refractivity contribution >= 4 is 12.0 Å². The quantitative estimate of drug-likeness (QED) is 0.610. The van der Waals surface area contributed by atoms with Crippen molar-refractivity contribution in [2.75, 3.05) is 13.7 Å². The molecule has 1 aromatic carbocycles. The van der Waals surface area contributed by atoms with E-state index in [1.165, 1.54) is 6.08 Å². The molecular formula is C13H13NO2. The van der Waals surface area contributed by atoms with E-state index in [0.717, 1.165) is 11.3 Å². The summed E-state index contributed by atoms with van der Waals surface area (Å²) in [7, 11) is 1.59. The van der Waals surface area contributed by atoms with Gasteiger partial charge in [-0.05, 0) is 12.1 Å². The lowest BCUT2D eigenvalue weighted by Crippen LogP contribution is -2.20. The van der Waals surface area contributed by atoms with Gasteiger partial charge in [0.15, 0.2) is 0 Å². The van der Waals surface area contributed by atoms with E-state index in [9.17, 15) is 4.79 Å². The van der Waals surface area contributed by atoms with E-state index in [1.807, 2.05) is 24.3 Å². The van der Waals surface area contributed by atoms with E-state index < -0.39 is 0 Å². The van der Waals surface area contributed by atoms with Crippen LogP contribution in [0.1, 0.15) is 5.56 Å². The van der Waals surface area contributed by atoms with Gasteiger partial charge in [0.1, 0.15) is 5.75 Å². The van der Waals surface area contributed by atoms with Gasteiger partial charge < -0.3 is 10.1 Å². The monoisotopic (exact) mass is 215 g/mol. The maximum Gasteiger partial charge on any atom is 0.244 e. The van der Waals surface area contributed by atoms with Gasteiger partial charge in [-0.25, -0.2) is 0 Å². The van der Waals surface area contributed by atoms with Crippen molar-refractivity contribution in [1.82, 2.24) is 5.32 Å². The van der Waals surface area contributed by atoms with Gasteiger partial charge in [-0.2, -0.15) is 0 Å². The minimum Gasteiger partial charge on any atom is -0.496 e. The van der Waals surface area contributed by atoms with Gasteiger partial charge in [-0.1, -0.05) is 24.1 Å². The zero-order valence-corrected chi connectivity index (χ0v) is 9.07. The van der Waals surface area contributed by atoms with Crippen LogP contribution in [0, 0.1) is 12.3 Å². The van der Waals surface area contributed by atoms with Gasteiger partial charge >= 0.3 is 0 Å². The Balaban J connectivity index is 2.69. The molecule has 16 heavy (non-hydrogen) atoms. The fourth-order valence-corrected chi connectivity index (χ4v) is 1.17.